The van der Waals surface area contributed by atoms with Gasteiger partial charge in [0.15, 0.2) is 0 Å². The summed E-state index contributed by atoms with van der Waals surface area (Å²) >= 11 is 0. The lowest BCUT2D eigenvalue weighted by atomic mass is 10.1. The molecule has 0 atom stereocenters. The van der Waals surface area contributed by atoms with Crippen LogP contribution in [-0.2, 0) is 18.3 Å². The molecule has 2 aromatic carbocycles. The molecule has 1 aromatic heterocycles. The lowest BCUT2D eigenvalue weighted by Crippen LogP contribution is -2.37. The molecule has 0 saturated carbocycles. The summed E-state index contributed by atoms with van der Waals surface area (Å²) in [6.07, 6.45) is 4.39. The van der Waals surface area contributed by atoms with Crippen molar-refractivity contribution in [3.8, 4) is 5.75 Å². The van der Waals surface area contributed by atoms with Crippen molar-refractivity contribution in [3.05, 3.63) is 65.9 Å². The maximum absolute atomic E-state index is 12.2. The van der Waals surface area contributed by atoms with Gasteiger partial charge in [-0.15, -0.1) is 0 Å². The molecule has 3 aromatic rings. The molecule has 164 valence electrons. The molecule has 0 aliphatic carbocycles. The van der Waals surface area contributed by atoms with Crippen molar-refractivity contribution in [1.82, 2.24) is 14.8 Å². The number of carbonyl (C=O) groups excluding carboxylic acids is 1. The molecule has 1 aliphatic rings. The summed E-state index contributed by atoms with van der Waals surface area (Å²) in [5, 5.41) is 4.18. The average Bonchev–Trinajstić information content (AvgIpc) is 3.11. The van der Waals surface area contributed by atoms with E-state index in [2.05, 4.69) is 52.3 Å². The van der Waals surface area contributed by atoms with Crippen molar-refractivity contribution in [1.29, 1.82) is 0 Å². The van der Waals surface area contributed by atoms with Crippen LogP contribution < -0.4 is 10.1 Å². The van der Waals surface area contributed by atoms with E-state index in [0.717, 1.165) is 38.2 Å². The molecule has 31 heavy (non-hydrogen) atoms. The van der Waals surface area contributed by atoms with E-state index in [9.17, 15) is 4.79 Å². The Morgan fingerprint density at radius 2 is 1.94 bits per heavy atom. The Morgan fingerprint density at radius 3 is 2.74 bits per heavy atom. The zero-order chi connectivity index (χ0) is 21.6. The van der Waals surface area contributed by atoms with Gasteiger partial charge in [0.25, 0.3) is 5.91 Å². The van der Waals surface area contributed by atoms with Crippen LogP contribution in [0.1, 0.15) is 28.8 Å². The Bertz CT molecular complexity index is 1020. The van der Waals surface area contributed by atoms with Gasteiger partial charge in [0.05, 0.1) is 6.61 Å². The van der Waals surface area contributed by atoms with Crippen molar-refractivity contribution >= 4 is 16.8 Å². The smallest absolute Gasteiger partial charge is 0.251 e. The van der Waals surface area contributed by atoms with Crippen molar-refractivity contribution in [2.24, 2.45) is 7.05 Å². The molecule has 1 N–H and O–H groups in total. The molecule has 1 amide bonds. The van der Waals surface area contributed by atoms with E-state index in [1.165, 1.54) is 16.5 Å². The van der Waals surface area contributed by atoms with Gasteiger partial charge in [-0.05, 0) is 42.7 Å². The van der Waals surface area contributed by atoms with Crippen LogP contribution in [0.25, 0.3) is 10.9 Å². The third kappa shape index (κ3) is 5.27. The molecular weight excluding hydrogens is 390 g/mol. The van der Waals surface area contributed by atoms with Gasteiger partial charge in [-0.25, -0.2) is 0 Å². The van der Waals surface area contributed by atoms with Crippen LogP contribution in [0.3, 0.4) is 0 Å². The highest BCUT2D eigenvalue weighted by molar-refractivity contribution is 5.94. The van der Waals surface area contributed by atoms with E-state index in [4.69, 9.17) is 9.47 Å². The summed E-state index contributed by atoms with van der Waals surface area (Å²) in [6.45, 7) is 3.97. The first kappa shape index (κ1) is 21.4. The average molecular weight is 422 g/mol. The molecule has 1 fully saturated rings. The van der Waals surface area contributed by atoms with Crippen LogP contribution in [-0.4, -0.2) is 54.8 Å². The number of para-hydroxylation sites is 1. The SMILES string of the molecule is COCCNC(=O)c1cccc(OC2CCN(Cc3cn(C)c4ccccc34)CC2)c1. The number of aryl methyl sites for hydroxylation is 1. The number of aromatic nitrogens is 1. The predicted molar refractivity (Wildman–Crippen MR) is 122 cm³/mol. The quantitative estimate of drug-likeness (QED) is 0.565. The fourth-order valence-corrected chi connectivity index (χ4v) is 4.25. The molecule has 6 heteroatoms. The van der Waals surface area contributed by atoms with Crippen LogP contribution >= 0.6 is 0 Å². The van der Waals surface area contributed by atoms with E-state index in [1.54, 1.807) is 7.11 Å². The number of benzene rings is 2. The number of piperidine rings is 1. The van der Waals surface area contributed by atoms with E-state index in [-0.39, 0.29) is 12.0 Å². The Kier molecular flexibility index (Phi) is 6.89. The normalized spacial score (nSPS) is 15.3. The zero-order valence-corrected chi connectivity index (χ0v) is 18.3. The number of ether oxygens (including phenoxy) is 2. The molecule has 6 nitrogen and oxygen atoms in total. The first-order valence-corrected chi connectivity index (χ1v) is 10.9. The second-order valence-electron chi connectivity index (χ2n) is 8.15. The number of hydrogen-bond donors (Lipinski definition) is 1. The number of carbonyl (C=O) groups is 1. The van der Waals surface area contributed by atoms with Crippen LogP contribution in [0.4, 0.5) is 0 Å². The van der Waals surface area contributed by atoms with Crippen molar-refractivity contribution in [2.75, 3.05) is 33.4 Å². The van der Waals surface area contributed by atoms with Crippen LogP contribution in [0.2, 0.25) is 0 Å². The third-order valence-corrected chi connectivity index (χ3v) is 5.90. The standard InChI is InChI=1S/C25H31N3O3/c1-27-17-20(23-8-3-4-9-24(23)27)18-28-13-10-21(11-14-28)31-22-7-5-6-19(16-22)25(29)26-12-15-30-2/h3-9,16-17,21H,10-15,18H2,1-2H3,(H,26,29). The summed E-state index contributed by atoms with van der Waals surface area (Å²) in [5.41, 5.74) is 3.27. The first-order valence-electron chi connectivity index (χ1n) is 10.9. The molecular formula is C25H31N3O3. The van der Waals surface area contributed by atoms with Gasteiger partial charge in [-0.1, -0.05) is 24.3 Å². The Balaban J connectivity index is 1.30. The monoisotopic (exact) mass is 421 g/mol. The summed E-state index contributed by atoms with van der Waals surface area (Å²) in [7, 11) is 3.73. The molecule has 4 rings (SSSR count). The number of nitrogens with zero attached hydrogens (tertiary/aromatic N) is 2. The van der Waals surface area contributed by atoms with E-state index >= 15 is 0 Å². The Morgan fingerprint density at radius 1 is 1.13 bits per heavy atom. The molecule has 0 spiro atoms. The van der Waals surface area contributed by atoms with E-state index < -0.39 is 0 Å². The second-order valence-corrected chi connectivity index (χ2v) is 8.15. The van der Waals surface area contributed by atoms with Crippen molar-refractivity contribution in [2.45, 2.75) is 25.5 Å². The molecule has 1 aliphatic heterocycles. The summed E-state index contributed by atoms with van der Waals surface area (Å²) in [6, 6.07) is 16.0. The highest BCUT2D eigenvalue weighted by Crippen LogP contribution is 2.25. The second kappa shape index (κ2) is 9.98. The van der Waals surface area contributed by atoms with Crippen LogP contribution in [0.15, 0.2) is 54.7 Å². The minimum absolute atomic E-state index is 0.104. The van der Waals surface area contributed by atoms with Crippen LogP contribution in [0.5, 0.6) is 5.75 Å². The summed E-state index contributed by atoms with van der Waals surface area (Å²) < 4.78 is 13.4. The van der Waals surface area contributed by atoms with E-state index in [0.29, 0.717) is 18.7 Å². The number of nitrogens with one attached hydrogen (secondary N) is 1. The lowest BCUT2D eigenvalue weighted by Gasteiger charge is -2.32. The Labute approximate surface area is 183 Å². The zero-order valence-electron chi connectivity index (χ0n) is 18.3. The van der Waals surface area contributed by atoms with Gasteiger partial charge in [-0.2, -0.15) is 0 Å². The molecule has 1 saturated heterocycles. The molecule has 2 heterocycles. The first-order chi connectivity index (χ1) is 15.1. The minimum Gasteiger partial charge on any atom is -0.490 e. The summed E-state index contributed by atoms with van der Waals surface area (Å²) in [5.74, 6) is 0.652. The van der Waals surface area contributed by atoms with Crippen LogP contribution in [0, 0.1) is 0 Å². The topological polar surface area (TPSA) is 55.7 Å². The minimum atomic E-state index is -0.104. The Hall–Kier alpha value is -2.83. The number of likely N-dealkylation sites (tertiary alicyclic amines) is 1. The maximum atomic E-state index is 12.2. The van der Waals surface area contributed by atoms with Gasteiger partial charge in [-0.3, -0.25) is 9.69 Å². The van der Waals surface area contributed by atoms with Gasteiger partial charge in [0, 0.05) is 63.0 Å². The van der Waals surface area contributed by atoms with Gasteiger partial charge < -0.3 is 19.4 Å². The number of amides is 1. The van der Waals surface area contributed by atoms with Gasteiger partial charge >= 0.3 is 0 Å². The maximum Gasteiger partial charge on any atom is 0.251 e. The molecule has 0 bridgehead atoms. The van der Waals surface area contributed by atoms with Crippen molar-refractivity contribution in [3.63, 3.8) is 0 Å². The number of hydrogen-bond acceptors (Lipinski definition) is 4. The number of methoxy groups -OCH3 is 1. The summed E-state index contributed by atoms with van der Waals surface area (Å²) in [4.78, 5) is 14.7. The number of fused-ring (bicyclic) bond motifs is 1. The number of rotatable bonds is 8. The predicted octanol–water partition coefficient (Wildman–Crippen LogP) is 3.60. The highest BCUT2D eigenvalue weighted by atomic mass is 16.5. The molecule has 0 unspecified atom stereocenters. The van der Waals surface area contributed by atoms with Gasteiger partial charge in [0.2, 0.25) is 0 Å². The van der Waals surface area contributed by atoms with Crippen molar-refractivity contribution < 1.29 is 14.3 Å². The largest absolute Gasteiger partial charge is 0.490 e. The fraction of sp³-hybridized carbons (Fsp3) is 0.400. The molecule has 0 radical (unpaired) electrons. The third-order valence-electron chi connectivity index (χ3n) is 5.90. The lowest BCUT2D eigenvalue weighted by molar-refractivity contribution is 0.0925. The fourth-order valence-electron chi connectivity index (χ4n) is 4.25. The highest BCUT2D eigenvalue weighted by Gasteiger charge is 2.22. The van der Waals surface area contributed by atoms with E-state index in [1.807, 2.05) is 24.3 Å². The van der Waals surface area contributed by atoms with Gasteiger partial charge in [0.1, 0.15) is 11.9 Å².